The maximum atomic E-state index is 13.1. The van der Waals surface area contributed by atoms with Crippen LogP contribution in [-0.4, -0.2) is 45.1 Å². The van der Waals surface area contributed by atoms with Crippen molar-refractivity contribution in [1.82, 2.24) is 19.5 Å². The lowest BCUT2D eigenvalue weighted by Crippen LogP contribution is -2.38. The predicted octanol–water partition coefficient (Wildman–Crippen LogP) is 4.10. The van der Waals surface area contributed by atoms with E-state index in [1.54, 1.807) is 17.1 Å². The molecule has 1 unspecified atom stereocenters. The van der Waals surface area contributed by atoms with Gasteiger partial charge in [-0.25, -0.2) is 0 Å². The molecule has 0 saturated carbocycles. The molecule has 0 N–H and O–H groups in total. The van der Waals surface area contributed by atoms with Crippen LogP contribution in [0.1, 0.15) is 41.3 Å². The first-order valence-electron chi connectivity index (χ1n) is 10.5. The minimum Gasteiger partial charge on any atom is -0.493 e. The van der Waals surface area contributed by atoms with Gasteiger partial charge >= 0.3 is 6.18 Å². The number of hydrogen-bond donors (Lipinski definition) is 0. The van der Waals surface area contributed by atoms with Gasteiger partial charge in [0.1, 0.15) is 11.6 Å². The number of piperidine rings is 1. The first-order valence-corrected chi connectivity index (χ1v) is 10.5. The Morgan fingerprint density at radius 2 is 2.06 bits per heavy atom. The second kappa shape index (κ2) is 7.96. The average molecular weight is 442 g/mol. The van der Waals surface area contributed by atoms with Crippen LogP contribution in [0.3, 0.4) is 0 Å². The third kappa shape index (κ3) is 3.94. The number of likely N-dealkylation sites (tertiary alicyclic amines) is 1. The minimum absolute atomic E-state index is 0.128. The van der Waals surface area contributed by atoms with E-state index in [0.717, 1.165) is 48.4 Å². The van der Waals surface area contributed by atoms with Gasteiger partial charge in [0.15, 0.2) is 5.65 Å². The third-order valence-corrected chi connectivity index (χ3v) is 5.99. The molecule has 3 aromatic rings. The zero-order chi connectivity index (χ0) is 22.3. The number of amides is 1. The number of ether oxygens (including phenoxy) is 1. The summed E-state index contributed by atoms with van der Waals surface area (Å²) in [6.45, 7) is 1.67. The number of fused-ring (bicyclic) bond motifs is 2. The summed E-state index contributed by atoms with van der Waals surface area (Å²) in [4.78, 5) is 14.5. The van der Waals surface area contributed by atoms with Crippen molar-refractivity contribution in [3.05, 3.63) is 65.1 Å². The van der Waals surface area contributed by atoms with Crippen LogP contribution in [-0.2, 0) is 17.4 Å². The van der Waals surface area contributed by atoms with E-state index in [-0.39, 0.29) is 11.8 Å². The Balaban J connectivity index is 1.32. The van der Waals surface area contributed by atoms with Crippen molar-refractivity contribution in [3.8, 4) is 5.75 Å². The van der Waals surface area contributed by atoms with E-state index in [0.29, 0.717) is 31.2 Å². The highest BCUT2D eigenvalue weighted by atomic mass is 19.4. The third-order valence-electron chi connectivity index (χ3n) is 5.99. The maximum absolute atomic E-state index is 13.1. The van der Waals surface area contributed by atoms with Crippen LogP contribution in [0.15, 0.2) is 42.6 Å². The topological polar surface area (TPSA) is 59.7 Å². The lowest BCUT2D eigenvalue weighted by Gasteiger charge is -2.31. The van der Waals surface area contributed by atoms with Crippen LogP contribution >= 0.6 is 0 Å². The number of nitrogens with zero attached hydrogens (tertiary/aromatic N) is 4. The standard InChI is InChI=1S/C23H21F3N4O2/c24-23(25,26)18-5-7-20-27-28-22(30(20)14-18)17-2-1-10-29(13-17)21(31)8-4-15-3-6-19-16(12-15)9-11-32-19/h3-8,12,14,17H,1-2,9-11,13H2/b8-4+. The second-order valence-electron chi connectivity index (χ2n) is 8.12. The summed E-state index contributed by atoms with van der Waals surface area (Å²) in [6.07, 6.45) is 2.25. The highest BCUT2D eigenvalue weighted by Crippen LogP contribution is 2.31. The van der Waals surface area contributed by atoms with Gasteiger partial charge in [0.05, 0.1) is 12.2 Å². The molecule has 2 aliphatic heterocycles. The van der Waals surface area contributed by atoms with Gasteiger partial charge < -0.3 is 9.64 Å². The Morgan fingerprint density at radius 1 is 1.19 bits per heavy atom. The monoisotopic (exact) mass is 442 g/mol. The molecule has 0 bridgehead atoms. The van der Waals surface area contributed by atoms with E-state index < -0.39 is 11.7 Å². The van der Waals surface area contributed by atoms with Gasteiger partial charge in [0.25, 0.3) is 0 Å². The van der Waals surface area contributed by atoms with Gasteiger partial charge in [0, 0.05) is 37.7 Å². The molecule has 5 rings (SSSR count). The highest BCUT2D eigenvalue weighted by Gasteiger charge is 2.32. The molecule has 6 nitrogen and oxygen atoms in total. The molecule has 1 atom stereocenters. The predicted molar refractivity (Wildman–Crippen MR) is 111 cm³/mol. The molecule has 2 aromatic heterocycles. The Morgan fingerprint density at radius 3 is 2.91 bits per heavy atom. The molecule has 9 heteroatoms. The minimum atomic E-state index is -4.45. The molecule has 166 valence electrons. The van der Waals surface area contributed by atoms with E-state index in [1.807, 2.05) is 18.2 Å². The van der Waals surface area contributed by atoms with Crippen LogP contribution in [0.2, 0.25) is 0 Å². The molecule has 1 saturated heterocycles. The molecule has 0 radical (unpaired) electrons. The van der Waals surface area contributed by atoms with E-state index in [4.69, 9.17) is 4.74 Å². The van der Waals surface area contributed by atoms with Gasteiger partial charge in [-0.05, 0) is 54.3 Å². The first kappa shape index (κ1) is 20.5. The highest BCUT2D eigenvalue weighted by molar-refractivity contribution is 5.92. The lowest BCUT2D eigenvalue weighted by molar-refractivity contribution is -0.137. The number of pyridine rings is 1. The van der Waals surface area contributed by atoms with Gasteiger partial charge in [0.2, 0.25) is 5.91 Å². The van der Waals surface area contributed by atoms with E-state index >= 15 is 0 Å². The molecule has 1 amide bonds. The SMILES string of the molecule is O=C(/C=C/c1ccc2c(c1)CCO2)N1CCCC(c2nnc3ccc(C(F)(F)F)cn23)C1. The summed E-state index contributed by atoms with van der Waals surface area (Å²) in [6, 6.07) is 8.16. The summed E-state index contributed by atoms with van der Waals surface area (Å²) in [7, 11) is 0. The summed E-state index contributed by atoms with van der Waals surface area (Å²) in [5.41, 5.74) is 1.67. The second-order valence-corrected chi connectivity index (χ2v) is 8.12. The maximum Gasteiger partial charge on any atom is 0.417 e. The van der Waals surface area contributed by atoms with Crippen molar-refractivity contribution in [2.24, 2.45) is 0 Å². The van der Waals surface area contributed by atoms with E-state index in [1.165, 1.54) is 10.5 Å². The number of aromatic nitrogens is 3. The fourth-order valence-corrected chi connectivity index (χ4v) is 4.33. The normalized spacial score (nSPS) is 18.8. The Hall–Kier alpha value is -3.36. The molecular weight excluding hydrogens is 421 g/mol. The van der Waals surface area contributed by atoms with Gasteiger partial charge in [-0.15, -0.1) is 10.2 Å². The van der Waals surface area contributed by atoms with Crippen LogP contribution in [0.25, 0.3) is 11.7 Å². The molecule has 32 heavy (non-hydrogen) atoms. The molecule has 0 spiro atoms. The Labute approximate surface area is 182 Å². The number of hydrogen-bond acceptors (Lipinski definition) is 4. The van der Waals surface area contributed by atoms with Crippen LogP contribution in [0.4, 0.5) is 13.2 Å². The van der Waals surface area contributed by atoms with Crippen molar-refractivity contribution in [3.63, 3.8) is 0 Å². The van der Waals surface area contributed by atoms with Crippen LogP contribution < -0.4 is 4.74 Å². The zero-order valence-corrected chi connectivity index (χ0v) is 17.2. The molecular formula is C23H21F3N4O2. The smallest absolute Gasteiger partial charge is 0.417 e. The van der Waals surface area contributed by atoms with Crippen molar-refractivity contribution < 1.29 is 22.7 Å². The quantitative estimate of drug-likeness (QED) is 0.573. The number of carbonyl (C=O) groups excluding carboxylic acids is 1. The summed E-state index contributed by atoms with van der Waals surface area (Å²) >= 11 is 0. The Kier molecular flexibility index (Phi) is 5.11. The van der Waals surface area contributed by atoms with Crippen LogP contribution in [0.5, 0.6) is 5.75 Å². The van der Waals surface area contributed by atoms with Crippen molar-refractivity contribution >= 4 is 17.6 Å². The number of halogens is 3. The summed E-state index contributed by atoms with van der Waals surface area (Å²) in [5, 5.41) is 8.15. The fraction of sp³-hybridized carbons (Fsp3) is 0.348. The van der Waals surface area contributed by atoms with Crippen molar-refractivity contribution in [2.75, 3.05) is 19.7 Å². The fourth-order valence-electron chi connectivity index (χ4n) is 4.33. The molecule has 4 heterocycles. The average Bonchev–Trinajstić information content (AvgIpc) is 3.43. The van der Waals surface area contributed by atoms with E-state index in [2.05, 4.69) is 10.2 Å². The van der Waals surface area contributed by atoms with Crippen molar-refractivity contribution in [2.45, 2.75) is 31.4 Å². The van der Waals surface area contributed by atoms with Crippen LogP contribution in [0, 0.1) is 0 Å². The largest absolute Gasteiger partial charge is 0.493 e. The number of carbonyl (C=O) groups is 1. The van der Waals surface area contributed by atoms with Gasteiger partial charge in [-0.1, -0.05) is 6.07 Å². The number of benzene rings is 1. The van der Waals surface area contributed by atoms with Gasteiger partial charge in [-0.2, -0.15) is 13.2 Å². The zero-order valence-electron chi connectivity index (χ0n) is 17.2. The van der Waals surface area contributed by atoms with Crippen molar-refractivity contribution in [1.29, 1.82) is 0 Å². The number of rotatable bonds is 3. The first-order chi connectivity index (χ1) is 15.4. The molecule has 1 fully saturated rings. The number of alkyl halides is 3. The summed E-state index contributed by atoms with van der Waals surface area (Å²) in [5.74, 6) is 1.03. The molecule has 2 aliphatic rings. The van der Waals surface area contributed by atoms with Gasteiger partial charge in [-0.3, -0.25) is 9.20 Å². The lowest BCUT2D eigenvalue weighted by atomic mass is 9.97. The summed E-state index contributed by atoms with van der Waals surface area (Å²) < 4.78 is 46.3. The molecule has 0 aliphatic carbocycles. The Bertz CT molecular complexity index is 1200. The van der Waals surface area contributed by atoms with E-state index in [9.17, 15) is 18.0 Å². The molecule has 1 aromatic carbocycles.